The van der Waals surface area contributed by atoms with E-state index in [9.17, 15) is 30.0 Å². The molecular weight excluding hydrogens is 416 g/mol. The van der Waals surface area contributed by atoms with Crippen LogP contribution in [-0.2, 0) is 19.1 Å². The van der Waals surface area contributed by atoms with Gasteiger partial charge in [-0.15, -0.1) is 0 Å². The number of carbonyl (C=O) groups is 2. The molecule has 0 aliphatic heterocycles. The fourth-order valence-electron chi connectivity index (χ4n) is 8.38. The molecule has 4 saturated carbocycles. The van der Waals surface area contributed by atoms with Crippen LogP contribution in [0.25, 0.3) is 0 Å². The largest absolute Gasteiger partial charge is 0.462 e. The van der Waals surface area contributed by atoms with Crippen molar-refractivity contribution in [3.63, 3.8) is 0 Å². The van der Waals surface area contributed by atoms with Gasteiger partial charge in [0, 0.05) is 48.3 Å². The Hall–Kier alpha value is -1.48. The first-order valence-corrected chi connectivity index (χ1v) is 11.5. The average Bonchev–Trinajstić information content (AvgIpc) is 2.85. The molecule has 0 amide bonds. The Labute approximate surface area is 188 Å². The van der Waals surface area contributed by atoms with Gasteiger partial charge in [-0.3, -0.25) is 9.59 Å². The smallest absolute Gasteiger partial charge is 0.303 e. The monoisotopic (exact) mass is 452 g/mol. The third-order valence-corrected chi connectivity index (χ3v) is 9.40. The normalized spacial score (nSPS) is 51.4. The summed E-state index contributed by atoms with van der Waals surface area (Å²) < 4.78 is 11.3. The second kappa shape index (κ2) is 7.26. The number of aliphatic hydroxyl groups excluding tert-OH is 4. The van der Waals surface area contributed by atoms with E-state index < -0.39 is 76.6 Å². The Morgan fingerprint density at radius 1 is 0.969 bits per heavy atom. The highest BCUT2D eigenvalue weighted by Crippen LogP contribution is 2.72. The second-order valence-electron chi connectivity index (χ2n) is 11.3. The lowest BCUT2D eigenvalue weighted by Gasteiger charge is -2.69. The molecule has 0 aromatic rings. The van der Waals surface area contributed by atoms with Crippen LogP contribution in [0.2, 0.25) is 0 Å². The fraction of sp³-hybridized carbons (Fsp3) is 0.833. The molecule has 4 rings (SSSR count). The topological polar surface area (TPSA) is 134 Å². The Balaban J connectivity index is 1.94. The van der Waals surface area contributed by atoms with Crippen molar-refractivity contribution < 1.29 is 39.5 Å². The van der Waals surface area contributed by atoms with E-state index in [1.165, 1.54) is 13.8 Å². The first-order valence-electron chi connectivity index (χ1n) is 11.5. The zero-order chi connectivity index (χ0) is 24.0. The molecular formula is C24H36O8. The molecule has 0 radical (unpaired) electrons. The van der Waals surface area contributed by atoms with Crippen molar-refractivity contribution >= 4 is 11.9 Å². The summed E-state index contributed by atoms with van der Waals surface area (Å²) in [4.78, 5) is 24.0. The highest BCUT2D eigenvalue weighted by Gasteiger charge is 2.78. The molecule has 1 spiro atoms. The van der Waals surface area contributed by atoms with E-state index in [2.05, 4.69) is 6.58 Å². The molecule has 2 bridgehead atoms. The van der Waals surface area contributed by atoms with E-state index in [0.29, 0.717) is 18.4 Å². The quantitative estimate of drug-likeness (QED) is 0.359. The van der Waals surface area contributed by atoms with Crippen molar-refractivity contribution in [2.75, 3.05) is 0 Å². The van der Waals surface area contributed by atoms with Crippen LogP contribution in [0.3, 0.4) is 0 Å². The Morgan fingerprint density at radius 3 is 2.12 bits per heavy atom. The van der Waals surface area contributed by atoms with E-state index in [-0.39, 0.29) is 12.3 Å². The summed E-state index contributed by atoms with van der Waals surface area (Å²) >= 11 is 0. The SMILES string of the molecule is C=C1[C@@H]2C[C@H](O)[C@H]3[C@@]4(C)[C@H]([C@@H](OC(C)=O)[C@H](O)[C@]3(C2)[C@@H]1O)C(C)(C)[C@@H](OC(C)=O)C[C@@H]4O. The maximum absolute atomic E-state index is 12.2. The molecule has 0 heterocycles. The maximum Gasteiger partial charge on any atom is 0.303 e. The lowest BCUT2D eigenvalue weighted by Crippen LogP contribution is -2.76. The van der Waals surface area contributed by atoms with Crippen LogP contribution < -0.4 is 0 Å². The van der Waals surface area contributed by atoms with Crippen molar-refractivity contribution in [3.05, 3.63) is 12.2 Å². The predicted molar refractivity (Wildman–Crippen MR) is 113 cm³/mol. The molecule has 4 aliphatic rings. The van der Waals surface area contributed by atoms with Gasteiger partial charge in [-0.25, -0.2) is 0 Å². The van der Waals surface area contributed by atoms with E-state index in [1.807, 2.05) is 20.8 Å². The average molecular weight is 453 g/mol. The molecule has 4 fully saturated rings. The lowest BCUT2D eigenvalue weighted by atomic mass is 9.37. The first-order chi connectivity index (χ1) is 14.7. The van der Waals surface area contributed by atoms with Crippen LogP contribution >= 0.6 is 0 Å². The second-order valence-corrected chi connectivity index (χ2v) is 11.3. The van der Waals surface area contributed by atoms with Crippen molar-refractivity contribution in [2.24, 2.45) is 34.0 Å². The van der Waals surface area contributed by atoms with Gasteiger partial charge >= 0.3 is 11.9 Å². The summed E-state index contributed by atoms with van der Waals surface area (Å²) in [6.45, 7) is 12.2. The summed E-state index contributed by atoms with van der Waals surface area (Å²) in [7, 11) is 0. The molecule has 4 aliphatic carbocycles. The van der Waals surface area contributed by atoms with E-state index in [0.717, 1.165) is 0 Å². The number of rotatable bonds is 2. The number of carbonyl (C=O) groups excluding carboxylic acids is 2. The van der Waals surface area contributed by atoms with Crippen LogP contribution in [-0.4, -0.2) is 69.0 Å². The van der Waals surface area contributed by atoms with Crippen molar-refractivity contribution in [1.82, 2.24) is 0 Å². The highest BCUT2D eigenvalue weighted by atomic mass is 16.6. The van der Waals surface area contributed by atoms with E-state index in [1.54, 1.807) is 0 Å². The lowest BCUT2D eigenvalue weighted by molar-refractivity contribution is -0.322. The summed E-state index contributed by atoms with van der Waals surface area (Å²) in [5.74, 6) is -2.56. The Morgan fingerprint density at radius 2 is 1.56 bits per heavy atom. The molecule has 8 heteroatoms. The minimum Gasteiger partial charge on any atom is -0.462 e. The number of ether oxygens (including phenoxy) is 2. The number of aliphatic hydroxyl groups is 4. The van der Waals surface area contributed by atoms with Gasteiger partial charge in [-0.05, 0) is 24.3 Å². The summed E-state index contributed by atoms with van der Waals surface area (Å²) in [6.07, 6.45) is -5.11. The Bertz CT molecular complexity index is 838. The number of hydrogen-bond acceptors (Lipinski definition) is 8. The third-order valence-electron chi connectivity index (χ3n) is 9.40. The zero-order valence-corrected chi connectivity index (χ0v) is 19.4. The molecule has 4 N–H and O–H groups in total. The fourth-order valence-corrected chi connectivity index (χ4v) is 8.38. The minimum absolute atomic E-state index is 0.141. The minimum atomic E-state index is -1.29. The molecule has 11 atom stereocenters. The van der Waals surface area contributed by atoms with Gasteiger partial charge in [0.25, 0.3) is 0 Å². The number of hydrogen-bond donors (Lipinski definition) is 4. The van der Waals surface area contributed by atoms with Crippen LogP contribution in [0.15, 0.2) is 12.2 Å². The van der Waals surface area contributed by atoms with Crippen LogP contribution in [0.1, 0.15) is 53.9 Å². The van der Waals surface area contributed by atoms with Gasteiger partial charge in [0.2, 0.25) is 0 Å². The van der Waals surface area contributed by atoms with Gasteiger partial charge in [-0.1, -0.05) is 27.4 Å². The summed E-state index contributed by atoms with van der Waals surface area (Å²) in [5.41, 5.74) is -2.47. The van der Waals surface area contributed by atoms with Crippen molar-refractivity contribution in [2.45, 2.75) is 90.5 Å². The van der Waals surface area contributed by atoms with Crippen molar-refractivity contribution in [1.29, 1.82) is 0 Å². The predicted octanol–water partition coefficient (Wildman–Crippen LogP) is 0.942. The number of fused-ring (bicyclic) bond motifs is 3. The molecule has 8 nitrogen and oxygen atoms in total. The summed E-state index contributed by atoms with van der Waals surface area (Å²) in [6, 6.07) is 0. The van der Waals surface area contributed by atoms with Gasteiger partial charge in [0.05, 0.1) is 18.3 Å². The highest BCUT2D eigenvalue weighted by molar-refractivity contribution is 5.67. The van der Waals surface area contributed by atoms with Crippen LogP contribution in [0.5, 0.6) is 0 Å². The van der Waals surface area contributed by atoms with E-state index in [4.69, 9.17) is 9.47 Å². The first kappa shape index (κ1) is 23.7. The molecule has 180 valence electrons. The van der Waals surface area contributed by atoms with Gasteiger partial charge in [0.1, 0.15) is 18.3 Å². The zero-order valence-electron chi connectivity index (χ0n) is 19.4. The molecule has 0 saturated heterocycles. The van der Waals surface area contributed by atoms with Gasteiger partial charge in [-0.2, -0.15) is 0 Å². The Kier molecular flexibility index (Phi) is 5.37. The van der Waals surface area contributed by atoms with Crippen molar-refractivity contribution in [3.8, 4) is 0 Å². The van der Waals surface area contributed by atoms with Crippen LogP contribution in [0, 0.1) is 34.0 Å². The maximum atomic E-state index is 12.2. The standard InChI is InChI=1S/C24H36O8/c1-10-13-7-14(27)18-23(6)15(28)8-16(31-11(2)25)22(4,5)19(23)17(32-12(3)26)21(30)24(18,9-13)20(10)29/h13-21,27-30H,1,7-9H2,2-6H3/t13-,14+,15+,16+,17-,18+,19-,20-,21+,23+,24+/m1/s1. The molecule has 0 aromatic heterocycles. The summed E-state index contributed by atoms with van der Waals surface area (Å²) in [5, 5.41) is 45.9. The molecule has 32 heavy (non-hydrogen) atoms. The van der Waals surface area contributed by atoms with Gasteiger partial charge < -0.3 is 29.9 Å². The van der Waals surface area contributed by atoms with Crippen LogP contribution in [0.4, 0.5) is 0 Å². The molecule has 0 unspecified atom stereocenters. The third kappa shape index (κ3) is 2.82. The molecule has 0 aromatic carbocycles. The van der Waals surface area contributed by atoms with Gasteiger partial charge in [0.15, 0.2) is 0 Å². The number of esters is 2. The van der Waals surface area contributed by atoms with E-state index >= 15 is 0 Å².